The lowest BCUT2D eigenvalue weighted by molar-refractivity contribution is 0.660. The maximum absolute atomic E-state index is 5.81. The molecule has 0 saturated carbocycles. The van der Waals surface area contributed by atoms with Crippen LogP contribution in [0.3, 0.4) is 0 Å². The quantitative estimate of drug-likeness (QED) is 0.173. The third-order valence-corrected chi connectivity index (χ3v) is 30.0. The highest BCUT2D eigenvalue weighted by Gasteiger charge is 2.37. The molecule has 0 aliphatic heterocycles. The number of hydrogen-bond donors (Lipinski definition) is 0. The Morgan fingerprint density at radius 2 is 0.485 bits per heavy atom. The zero-order chi connectivity index (χ0) is 93.1. The summed E-state index contributed by atoms with van der Waals surface area (Å²) >= 11 is 3.77. The fraction of sp³-hybridized carbons (Fsp3) is 0.150. The molecule has 0 fully saturated rings. The standard InChI is InChI=1S/2C20H17N.C17H18.3C14H12O.2C14H12S/c1-14-8-6-12-17-19(14)20-15(2)9-7-13-18(20)21(17)16-10-4-3-5-11-16;1-14-12-13-19-20(15(14)2)17-10-6-7-11-18(17)21(19)16-8-4-3-5-9-16;1-11-7-5-9-13-15(11)16-12(2)8-6-10-14(16)17(13,3)4;2*1-9-5-3-7-11-13(9)14-10(2)6-4-8-12(14)15-11;1-9-7-8-13-14(10(9)2)11-5-3-4-6-12(11)15-13;1-9-5-3-7-11-13(9)14-10(2)6-4-8-12(14)15-11;1-9-7-8-13-14(10(9)2)11-5-3-4-6-12(11)15-13/h2*3-13H,1-2H3;5-10H,1-4H3;5*3-8H,1-2H3. The van der Waals surface area contributed by atoms with Gasteiger partial charge in [-0.25, -0.2) is 0 Å². The topological polar surface area (TPSA) is 49.3 Å². The number of benzene rings is 18. The molecule has 1 aliphatic rings. The lowest BCUT2D eigenvalue weighted by atomic mass is 9.82. The molecule has 0 N–H and O–H groups in total. The van der Waals surface area contributed by atoms with E-state index in [0.717, 1.165) is 33.5 Å². The molecular weight excluding hydrogens is 1670 g/mol. The molecule has 7 aromatic heterocycles. The highest BCUT2D eigenvalue weighted by molar-refractivity contribution is 7.26. The van der Waals surface area contributed by atoms with Crippen LogP contribution in [0.25, 0.3) is 172 Å². The number of nitrogens with zero attached hydrogens (tertiary/aromatic N) is 2. The van der Waals surface area contributed by atoms with Gasteiger partial charge in [-0.05, 0) is 331 Å². The largest absolute Gasteiger partial charge is 0.456 e. The van der Waals surface area contributed by atoms with E-state index in [2.05, 4.69) is 425 Å². The number of rotatable bonds is 2. The first-order valence-electron chi connectivity index (χ1n) is 46.6. The monoisotopic (exact) mass is 1780 g/mol. The van der Waals surface area contributed by atoms with Crippen molar-refractivity contribution < 1.29 is 13.3 Å². The number of fused-ring (bicyclic) bond motifs is 24. The molecule has 660 valence electrons. The molecule has 0 spiro atoms. The Morgan fingerprint density at radius 1 is 0.187 bits per heavy atom. The van der Waals surface area contributed by atoms with Crippen molar-refractivity contribution in [3.8, 4) is 22.5 Å². The molecule has 0 atom stereocenters. The van der Waals surface area contributed by atoms with Gasteiger partial charge in [-0.1, -0.05) is 257 Å². The van der Waals surface area contributed by atoms with Gasteiger partial charge < -0.3 is 22.4 Å². The minimum Gasteiger partial charge on any atom is -0.456 e. The van der Waals surface area contributed by atoms with Crippen LogP contribution in [0.5, 0.6) is 0 Å². The number of hydrogen-bond acceptors (Lipinski definition) is 5. The number of furan rings is 3. The Balaban J connectivity index is 0.0000000989. The SMILES string of the molecule is Cc1ccc2c(c1C)c1ccccc1n2-c1ccccc1.Cc1ccc2oc3ccccc3c2c1C.Cc1ccc2sc3ccccc3c2c1C.Cc1cccc2c1-c1c(C)cccc1C2(C)C.Cc1cccc2c1c1c(C)cccc1n2-c1ccccc1.Cc1cccc2oc3cccc(C)c3c12.Cc1cccc2oc3cccc(C)c3c12.Cc1cccc2sc3cccc(C)c3c12. The summed E-state index contributed by atoms with van der Waals surface area (Å²) in [6, 6.07) is 124. The second-order valence-electron chi connectivity index (χ2n) is 36.8. The van der Waals surface area contributed by atoms with Crippen molar-refractivity contribution in [3.63, 3.8) is 0 Å². The lowest BCUT2D eigenvalue weighted by Crippen LogP contribution is -2.14. The predicted octanol–water partition coefficient (Wildman–Crippen LogP) is 37.4. The average molecular weight is 1780 g/mol. The lowest BCUT2D eigenvalue weighted by Gasteiger charge is -2.21. The smallest absolute Gasteiger partial charge is 0.135 e. The Labute approximate surface area is 793 Å². The van der Waals surface area contributed by atoms with Gasteiger partial charge in [-0.2, -0.15) is 0 Å². The number of aromatic nitrogens is 2. The first-order chi connectivity index (χ1) is 64.9. The number of para-hydroxylation sites is 4. The average Bonchev–Trinajstić information content (AvgIpc) is 1.57. The molecule has 7 heteroatoms. The molecule has 0 radical (unpaired) electrons. The molecule has 1 aliphatic carbocycles. The highest BCUT2D eigenvalue weighted by atomic mass is 32.1. The van der Waals surface area contributed by atoms with Crippen LogP contribution in [0.15, 0.2) is 365 Å². The molecule has 0 amide bonds. The molecule has 0 unspecified atom stereocenters. The first kappa shape index (κ1) is 88.7. The Kier molecular flexibility index (Phi) is 24.4. The summed E-state index contributed by atoms with van der Waals surface area (Å²) in [6.45, 7) is 39.5. The maximum atomic E-state index is 5.81. The van der Waals surface area contributed by atoms with Gasteiger partial charge in [0.1, 0.15) is 33.5 Å². The van der Waals surface area contributed by atoms with E-state index in [1.807, 2.05) is 83.3 Å². The van der Waals surface area contributed by atoms with E-state index in [4.69, 9.17) is 13.3 Å². The van der Waals surface area contributed by atoms with E-state index < -0.39 is 0 Å². The zero-order valence-electron chi connectivity index (χ0n) is 79.9. The molecule has 26 rings (SSSR count). The highest BCUT2D eigenvalue weighted by Crippen LogP contribution is 2.52. The van der Waals surface area contributed by atoms with E-state index in [0.29, 0.717) is 0 Å². The van der Waals surface area contributed by atoms with Gasteiger partial charge in [0.25, 0.3) is 0 Å². The van der Waals surface area contributed by atoms with Crippen molar-refractivity contribution in [2.75, 3.05) is 0 Å². The minimum atomic E-state index is 0.142. The summed E-state index contributed by atoms with van der Waals surface area (Å²) < 4.78 is 27.7. The molecule has 25 aromatic rings. The molecular formula is C127H112N2O3S2. The van der Waals surface area contributed by atoms with Crippen LogP contribution >= 0.6 is 22.7 Å². The van der Waals surface area contributed by atoms with Gasteiger partial charge in [0.15, 0.2) is 0 Å². The molecule has 134 heavy (non-hydrogen) atoms. The van der Waals surface area contributed by atoms with Crippen LogP contribution in [-0.4, -0.2) is 9.13 Å². The number of thiophene rings is 2. The van der Waals surface area contributed by atoms with Crippen LogP contribution in [0.1, 0.15) is 114 Å². The fourth-order valence-electron chi connectivity index (χ4n) is 20.5. The summed E-state index contributed by atoms with van der Waals surface area (Å²) in [5, 5.41) is 18.7. The van der Waals surface area contributed by atoms with Crippen LogP contribution in [0.2, 0.25) is 0 Å². The van der Waals surface area contributed by atoms with Crippen LogP contribution in [-0.2, 0) is 5.41 Å². The van der Waals surface area contributed by atoms with Gasteiger partial charge in [0, 0.05) is 111 Å². The van der Waals surface area contributed by atoms with E-state index >= 15 is 0 Å². The van der Waals surface area contributed by atoms with Crippen molar-refractivity contribution in [2.45, 2.75) is 130 Å². The summed E-state index contributed by atoms with van der Waals surface area (Å²) in [5.74, 6) is 0. The van der Waals surface area contributed by atoms with E-state index in [1.165, 1.54) is 239 Å². The van der Waals surface area contributed by atoms with Crippen molar-refractivity contribution >= 4 is 172 Å². The molecule has 18 aromatic carbocycles. The molecule has 0 bridgehead atoms. The van der Waals surface area contributed by atoms with Crippen LogP contribution < -0.4 is 0 Å². The molecule has 7 heterocycles. The Morgan fingerprint density at radius 3 is 0.970 bits per heavy atom. The third-order valence-electron chi connectivity index (χ3n) is 27.7. The first-order valence-corrected chi connectivity index (χ1v) is 48.2. The second kappa shape index (κ2) is 36.9. The zero-order valence-corrected chi connectivity index (χ0v) is 81.6. The summed E-state index contributed by atoms with van der Waals surface area (Å²) in [5.41, 5.74) is 41.0. The van der Waals surface area contributed by atoms with Gasteiger partial charge in [0.2, 0.25) is 0 Å². The summed E-state index contributed by atoms with van der Waals surface area (Å²) in [4.78, 5) is 0. The van der Waals surface area contributed by atoms with Gasteiger partial charge in [0.05, 0.1) is 22.1 Å². The van der Waals surface area contributed by atoms with Gasteiger partial charge in [-0.15, -0.1) is 22.7 Å². The number of aryl methyl sites for hydroxylation is 16. The normalized spacial score (nSPS) is 11.9. The second-order valence-corrected chi connectivity index (χ2v) is 38.9. The molecule has 0 saturated heterocycles. The van der Waals surface area contributed by atoms with E-state index in [9.17, 15) is 0 Å². The summed E-state index contributed by atoms with van der Waals surface area (Å²) in [6.07, 6.45) is 0. The van der Waals surface area contributed by atoms with Crippen molar-refractivity contribution in [2.24, 2.45) is 0 Å². The summed E-state index contributed by atoms with van der Waals surface area (Å²) in [7, 11) is 0. The van der Waals surface area contributed by atoms with Crippen molar-refractivity contribution in [3.05, 3.63) is 452 Å². The minimum absolute atomic E-state index is 0.142. The third kappa shape index (κ3) is 16.2. The van der Waals surface area contributed by atoms with Gasteiger partial charge >= 0.3 is 0 Å². The fourth-order valence-corrected chi connectivity index (χ4v) is 22.9. The Bertz CT molecular complexity index is 8110. The Hall–Kier alpha value is -14.6. The molecule has 5 nitrogen and oxygen atoms in total. The predicted molar refractivity (Wildman–Crippen MR) is 581 cm³/mol. The van der Waals surface area contributed by atoms with E-state index in [1.54, 1.807) is 0 Å². The van der Waals surface area contributed by atoms with Crippen molar-refractivity contribution in [1.29, 1.82) is 0 Å². The van der Waals surface area contributed by atoms with Crippen molar-refractivity contribution in [1.82, 2.24) is 9.13 Å². The van der Waals surface area contributed by atoms with Crippen LogP contribution in [0.4, 0.5) is 0 Å². The van der Waals surface area contributed by atoms with Crippen LogP contribution in [0, 0.1) is 111 Å². The van der Waals surface area contributed by atoms with E-state index in [-0.39, 0.29) is 5.41 Å². The maximum Gasteiger partial charge on any atom is 0.135 e. The van der Waals surface area contributed by atoms with Gasteiger partial charge in [-0.3, -0.25) is 0 Å².